The number of carbonyl (C=O) groups is 2. The van der Waals surface area contributed by atoms with Crippen molar-refractivity contribution in [3.63, 3.8) is 0 Å². The Kier molecular flexibility index (Phi) is 10.0. The molecule has 0 bridgehead atoms. The zero-order valence-corrected chi connectivity index (χ0v) is 27.2. The summed E-state index contributed by atoms with van der Waals surface area (Å²) in [5.74, 6) is 1.28. The number of hydrogen-bond acceptors (Lipinski definition) is 4. The highest BCUT2D eigenvalue weighted by Crippen LogP contribution is 2.42. The summed E-state index contributed by atoms with van der Waals surface area (Å²) < 4.78 is 7.63. The average Bonchev–Trinajstić information content (AvgIpc) is 2.94. The highest BCUT2D eigenvalue weighted by atomic mass is 127. The summed E-state index contributed by atoms with van der Waals surface area (Å²) in [6, 6.07) is 4.73. The van der Waals surface area contributed by atoms with Gasteiger partial charge in [0.25, 0.3) is 5.91 Å². The van der Waals surface area contributed by atoms with E-state index in [1.807, 2.05) is 0 Å². The molecular weight excluding hydrogens is 613 g/mol. The van der Waals surface area contributed by atoms with Gasteiger partial charge in [0.15, 0.2) is 0 Å². The van der Waals surface area contributed by atoms with Gasteiger partial charge in [-0.3, -0.25) is 9.69 Å². The molecule has 4 fully saturated rings. The van der Waals surface area contributed by atoms with Gasteiger partial charge in [0, 0.05) is 73.2 Å². The first-order valence-electron chi connectivity index (χ1n) is 16.1. The second kappa shape index (κ2) is 13.3. The fourth-order valence-electron chi connectivity index (χ4n) is 8.08. The molecule has 1 aromatic carbocycles. The summed E-state index contributed by atoms with van der Waals surface area (Å²) >= 11 is 2.33. The van der Waals surface area contributed by atoms with Crippen LogP contribution in [-0.4, -0.2) is 77.6 Å². The lowest BCUT2D eigenvalue weighted by Crippen LogP contribution is -2.61. The Hall–Kier alpha value is -1.35. The third-order valence-electron chi connectivity index (χ3n) is 10.5. The minimum Gasteiger partial charge on any atom is -0.442 e. The van der Waals surface area contributed by atoms with E-state index in [1.165, 1.54) is 48.5 Å². The molecule has 3 aliphatic heterocycles. The van der Waals surface area contributed by atoms with E-state index in [4.69, 9.17) is 4.74 Å². The van der Waals surface area contributed by atoms with Crippen LogP contribution in [0.1, 0.15) is 105 Å². The van der Waals surface area contributed by atoms with E-state index in [0.29, 0.717) is 17.9 Å². The van der Waals surface area contributed by atoms with E-state index in [-0.39, 0.29) is 17.6 Å². The number of nitrogens with zero attached hydrogens (tertiary/aromatic N) is 3. The Labute approximate surface area is 255 Å². The molecule has 1 spiro atoms. The molecule has 4 aliphatic rings. The van der Waals surface area contributed by atoms with Crippen LogP contribution in [0.15, 0.2) is 12.1 Å². The SMILES string of the molecule is CCCCC1CN(CC2CCCCC2)C(=O)OC12CCN(C1CCN(C(=O)c3c(C)cc(I)cc3C)CC1)CC2. The van der Waals surface area contributed by atoms with Crippen LogP contribution in [-0.2, 0) is 4.74 Å². The van der Waals surface area contributed by atoms with Gasteiger partial charge in [0.1, 0.15) is 5.60 Å². The van der Waals surface area contributed by atoms with Crippen molar-refractivity contribution in [2.75, 3.05) is 39.3 Å². The van der Waals surface area contributed by atoms with Gasteiger partial charge in [0.05, 0.1) is 0 Å². The van der Waals surface area contributed by atoms with Gasteiger partial charge in [-0.25, -0.2) is 4.79 Å². The molecule has 3 heterocycles. The van der Waals surface area contributed by atoms with Crippen molar-refractivity contribution in [2.45, 2.75) is 109 Å². The quantitative estimate of drug-likeness (QED) is 0.290. The van der Waals surface area contributed by atoms with Gasteiger partial charge in [-0.15, -0.1) is 0 Å². The van der Waals surface area contributed by atoms with Gasteiger partial charge in [-0.2, -0.15) is 0 Å². The molecule has 0 N–H and O–H groups in total. The Balaban J connectivity index is 1.16. The van der Waals surface area contributed by atoms with Crippen LogP contribution in [0.2, 0.25) is 0 Å². The van der Waals surface area contributed by atoms with Crippen LogP contribution in [0.5, 0.6) is 0 Å². The summed E-state index contributed by atoms with van der Waals surface area (Å²) in [6.07, 6.45) is 13.9. The topological polar surface area (TPSA) is 53.1 Å². The number of likely N-dealkylation sites (tertiary alicyclic amines) is 2. The van der Waals surface area contributed by atoms with E-state index >= 15 is 0 Å². The Bertz CT molecular complexity index is 1020. The fraction of sp³-hybridized carbons (Fsp3) is 0.758. The highest BCUT2D eigenvalue weighted by Gasteiger charge is 2.50. The summed E-state index contributed by atoms with van der Waals surface area (Å²) in [7, 11) is 0. The van der Waals surface area contributed by atoms with Crippen molar-refractivity contribution in [1.82, 2.24) is 14.7 Å². The van der Waals surface area contributed by atoms with Crippen molar-refractivity contribution >= 4 is 34.6 Å². The predicted molar refractivity (Wildman–Crippen MR) is 169 cm³/mol. The molecule has 1 aliphatic carbocycles. The molecule has 1 atom stereocenters. The molecule has 7 heteroatoms. The molecule has 40 heavy (non-hydrogen) atoms. The molecule has 6 nitrogen and oxygen atoms in total. The van der Waals surface area contributed by atoms with E-state index in [2.05, 4.69) is 70.2 Å². The zero-order chi connectivity index (χ0) is 28.3. The van der Waals surface area contributed by atoms with Crippen LogP contribution >= 0.6 is 22.6 Å². The number of unbranched alkanes of at least 4 members (excludes halogenated alkanes) is 1. The second-order valence-corrected chi connectivity index (χ2v) is 14.4. The van der Waals surface area contributed by atoms with Crippen LogP contribution in [0.4, 0.5) is 4.79 Å². The molecule has 1 saturated carbocycles. The number of ether oxygens (including phenoxy) is 1. The maximum atomic E-state index is 13.4. The monoisotopic (exact) mass is 663 g/mol. The van der Waals surface area contributed by atoms with Gasteiger partial charge < -0.3 is 14.5 Å². The molecule has 0 radical (unpaired) electrons. The summed E-state index contributed by atoms with van der Waals surface area (Å²) in [5, 5.41) is 0. The van der Waals surface area contributed by atoms with Gasteiger partial charge in [0.2, 0.25) is 0 Å². The number of carbonyl (C=O) groups excluding carboxylic acids is 2. The largest absolute Gasteiger partial charge is 0.442 e. The first-order valence-corrected chi connectivity index (χ1v) is 17.2. The number of benzene rings is 1. The number of rotatable bonds is 7. The lowest BCUT2D eigenvalue weighted by molar-refractivity contribution is -0.127. The van der Waals surface area contributed by atoms with Gasteiger partial charge >= 0.3 is 6.09 Å². The third-order valence-corrected chi connectivity index (χ3v) is 11.1. The summed E-state index contributed by atoms with van der Waals surface area (Å²) in [6.45, 7) is 11.8. The number of hydrogen-bond donors (Lipinski definition) is 0. The molecule has 2 amide bonds. The molecule has 1 unspecified atom stereocenters. The van der Waals surface area contributed by atoms with Crippen molar-refractivity contribution in [3.8, 4) is 0 Å². The fourth-order valence-corrected chi connectivity index (χ4v) is 9.02. The van der Waals surface area contributed by atoms with Crippen molar-refractivity contribution in [2.24, 2.45) is 11.8 Å². The maximum Gasteiger partial charge on any atom is 0.410 e. The smallest absolute Gasteiger partial charge is 0.410 e. The third kappa shape index (κ3) is 6.66. The molecular formula is C33H50IN3O3. The van der Waals surface area contributed by atoms with Gasteiger partial charge in [-0.05, 0) is 97.7 Å². The Morgan fingerprint density at radius 3 is 2.27 bits per heavy atom. The molecule has 5 rings (SSSR count). The Morgan fingerprint density at radius 2 is 1.65 bits per heavy atom. The van der Waals surface area contributed by atoms with Crippen LogP contribution < -0.4 is 0 Å². The van der Waals surface area contributed by atoms with Crippen LogP contribution in [0, 0.1) is 29.3 Å². The lowest BCUT2D eigenvalue weighted by atomic mass is 9.75. The number of halogens is 1. The minimum absolute atomic E-state index is 0.0558. The molecule has 222 valence electrons. The van der Waals surface area contributed by atoms with Gasteiger partial charge in [-0.1, -0.05) is 39.0 Å². The first-order chi connectivity index (χ1) is 19.3. The zero-order valence-electron chi connectivity index (χ0n) is 25.1. The molecule has 0 aromatic heterocycles. The van der Waals surface area contributed by atoms with Crippen LogP contribution in [0.3, 0.4) is 0 Å². The summed E-state index contributed by atoms with van der Waals surface area (Å²) in [5.41, 5.74) is 2.75. The van der Waals surface area contributed by atoms with Crippen molar-refractivity contribution < 1.29 is 14.3 Å². The normalized spacial score (nSPS) is 24.9. The lowest BCUT2D eigenvalue weighted by Gasteiger charge is -2.52. The molecule has 3 saturated heterocycles. The standard InChI is InChI=1S/C33H50IN3O3/c1-4-5-11-27-23-37(22-26-9-7-6-8-10-26)32(39)40-33(27)14-18-35(19-15-33)29-12-16-36(17-13-29)31(38)30-24(2)20-28(34)21-25(30)3/h20-21,26-27,29H,4-19,22-23H2,1-3H3. The van der Waals surface area contributed by atoms with E-state index in [9.17, 15) is 9.59 Å². The highest BCUT2D eigenvalue weighted by molar-refractivity contribution is 14.1. The number of piperidine rings is 2. The average molecular weight is 664 g/mol. The van der Waals surface area contributed by atoms with Crippen LogP contribution in [0.25, 0.3) is 0 Å². The van der Waals surface area contributed by atoms with E-state index in [0.717, 1.165) is 88.1 Å². The van der Waals surface area contributed by atoms with E-state index < -0.39 is 0 Å². The Morgan fingerprint density at radius 1 is 1.00 bits per heavy atom. The summed E-state index contributed by atoms with van der Waals surface area (Å²) in [4.78, 5) is 33.4. The van der Waals surface area contributed by atoms with Crippen molar-refractivity contribution in [3.05, 3.63) is 32.4 Å². The predicted octanol–water partition coefficient (Wildman–Crippen LogP) is 7.19. The van der Waals surface area contributed by atoms with E-state index in [1.54, 1.807) is 0 Å². The number of amides is 2. The second-order valence-electron chi connectivity index (χ2n) is 13.2. The first kappa shape index (κ1) is 30.1. The number of aryl methyl sites for hydroxylation is 2. The maximum absolute atomic E-state index is 13.4. The minimum atomic E-state index is -0.289. The molecule has 1 aromatic rings. The van der Waals surface area contributed by atoms with Crippen molar-refractivity contribution in [1.29, 1.82) is 0 Å².